The maximum Gasteiger partial charge on any atom is 0.338 e. The van der Waals surface area contributed by atoms with Crippen molar-refractivity contribution in [2.75, 3.05) is 13.7 Å². The van der Waals surface area contributed by atoms with Gasteiger partial charge in [0.1, 0.15) is 10.8 Å². The van der Waals surface area contributed by atoms with Gasteiger partial charge in [-0.05, 0) is 31.5 Å². The van der Waals surface area contributed by atoms with Crippen LogP contribution < -0.4 is 4.74 Å². The number of methoxy groups -OCH3 is 1. The number of rotatable bonds is 6. The minimum absolute atomic E-state index is 0.281. The number of benzene rings is 1. The molecular formula is C17H16N2O4S. The van der Waals surface area contributed by atoms with Crippen molar-refractivity contribution >= 4 is 23.1 Å². The van der Waals surface area contributed by atoms with Crippen LogP contribution in [-0.2, 0) is 9.53 Å². The molecule has 1 heterocycles. The summed E-state index contributed by atoms with van der Waals surface area (Å²) in [5.41, 5.74) is 1.91. The average Bonchev–Trinajstić information content (AvgIpc) is 2.99. The zero-order chi connectivity index (χ0) is 17.7. The van der Waals surface area contributed by atoms with Crippen molar-refractivity contribution in [1.82, 2.24) is 4.98 Å². The van der Waals surface area contributed by atoms with E-state index in [1.807, 2.05) is 13.0 Å². The number of hydrogen-bond donors (Lipinski definition) is 0. The van der Waals surface area contributed by atoms with Crippen LogP contribution in [0.4, 0.5) is 0 Å². The molecule has 0 aliphatic carbocycles. The molecule has 0 aliphatic rings. The fourth-order valence-corrected chi connectivity index (χ4v) is 2.88. The Kier molecular flexibility index (Phi) is 5.66. The van der Waals surface area contributed by atoms with Gasteiger partial charge < -0.3 is 9.47 Å². The van der Waals surface area contributed by atoms with Crippen molar-refractivity contribution in [2.24, 2.45) is 0 Å². The third-order valence-corrected chi connectivity index (χ3v) is 4.35. The summed E-state index contributed by atoms with van der Waals surface area (Å²) in [7, 11) is 1.51. The Morgan fingerprint density at radius 1 is 1.38 bits per heavy atom. The molecule has 7 heteroatoms. The Balaban J connectivity index is 2.03. The van der Waals surface area contributed by atoms with Gasteiger partial charge in [-0.2, -0.15) is 5.26 Å². The number of Topliss-reactive ketones (excluding diaryl/α,β-unsaturated/α-hetero) is 1. The van der Waals surface area contributed by atoms with Crippen molar-refractivity contribution in [2.45, 2.75) is 19.8 Å². The quantitative estimate of drug-likeness (QED) is 0.749. The maximum atomic E-state index is 12.1. The molecule has 1 atom stereocenters. The van der Waals surface area contributed by atoms with E-state index in [4.69, 9.17) is 9.47 Å². The van der Waals surface area contributed by atoms with Gasteiger partial charge in [0.2, 0.25) is 0 Å². The van der Waals surface area contributed by atoms with Crippen LogP contribution in [0.25, 0.3) is 0 Å². The minimum atomic E-state index is -1.02. The van der Waals surface area contributed by atoms with Crippen molar-refractivity contribution < 1.29 is 19.1 Å². The Labute approximate surface area is 143 Å². The number of ketones is 1. The lowest BCUT2D eigenvalue weighted by atomic mass is 10.1. The molecular weight excluding hydrogens is 328 g/mol. The Bertz CT molecular complexity index is 807. The molecule has 0 saturated heterocycles. The number of esters is 1. The number of aryl methyl sites for hydroxylation is 2. The number of nitrogens with zero attached hydrogens (tertiary/aromatic N) is 2. The summed E-state index contributed by atoms with van der Waals surface area (Å²) < 4.78 is 10.2. The molecule has 1 aromatic carbocycles. The number of aromatic nitrogens is 1. The average molecular weight is 344 g/mol. The van der Waals surface area contributed by atoms with Gasteiger partial charge in [0.25, 0.3) is 0 Å². The van der Waals surface area contributed by atoms with Gasteiger partial charge in [-0.25, -0.2) is 9.78 Å². The smallest absolute Gasteiger partial charge is 0.338 e. The van der Waals surface area contributed by atoms with Gasteiger partial charge in [0.15, 0.2) is 18.3 Å². The Hall–Kier alpha value is -2.72. The Morgan fingerprint density at radius 3 is 2.71 bits per heavy atom. The van der Waals surface area contributed by atoms with E-state index in [1.165, 1.54) is 18.4 Å². The van der Waals surface area contributed by atoms with E-state index in [1.54, 1.807) is 30.5 Å². The summed E-state index contributed by atoms with van der Waals surface area (Å²) in [4.78, 5) is 28.3. The van der Waals surface area contributed by atoms with Crippen molar-refractivity contribution in [3.63, 3.8) is 0 Å². The molecule has 0 aliphatic heterocycles. The molecule has 24 heavy (non-hydrogen) atoms. The number of nitriles is 1. The second kappa shape index (κ2) is 7.70. The van der Waals surface area contributed by atoms with Crippen LogP contribution in [0.3, 0.4) is 0 Å². The summed E-state index contributed by atoms with van der Waals surface area (Å²) in [6.07, 6.45) is 0. The van der Waals surface area contributed by atoms with Crippen LogP contribution in [0.1, 0.15) is 32.5 Å². The highest BCUT2D eigenvalue weighted by atomic mass is 32.1. The molecule has 2 rings (SSSR count). The normalized spacial score (nSPS) is 11.4. The second-order valence-corrected chi connectivity index (χ2v) is 6.01. The molecule has 0 fully saturated rings. The molecule has 6 nitrogen and oxygen atoms in total. The lowest BCUT2D eigenvalue weighted by Crippen LogP contribution is -2.20. The molecule has 0 spiro atoms. The fourth-order valence-electron chi connectivity index (χ4n) is 2.02. The van der Waals surface area contributed by atoms with Gasteiger partial charge in [-0.15, -0.1) is 11.3 Å². The maximum absolute atomic E-state index is 12.1. The van der Waals surface area contributed by atoms with Crippen LogP contribution in [-0.4, -0.2) is 30.5 Å². The van der Waals surface area contributed by atoms with Crippen LogP contribution >= 0.6 is 11.3 Å². The first-order valence-electron chi connectivity index (χ1n) is 7.12. The lowest BCUT2D eigenvalue weighted by molar-refractivity contribution is -0.122. The van der Waals surface area contributed by atoms with E-state index in [9.17, 15) is 14.9 Å². The first-order chi connectivity index (χ1) is 11.5. The van der Waals surface area contributed by atoms with Crippen molar-refractivity contribution in [3.05, 3.63) is 45.4 Å². The molecule has 0 radical (unpaired) electrons. The zero-order valence-corrected chi connectivity index (χ0v) is 14.3. The van der Waals surface area contributed by atoms with E-state index in [0.717, 1.165) is 11.3 Å². The van der Waals surface area contributed by atoms with Crippen LogP contribution in [0, 0.1) is 25.2 Å². The highest BCUT2D eigenvalue weighted by molar-refractivity contribution is 7.09. The van der Waals surface area contributed by atoms with Crippen molar-refractivity contribution in [3.8, 4) is 11.8 Å². The largest absolute Gasteiger partial charge is 0.496 e. The number of ether oxygens (including phenoxy) is 2. The van der Waals surface area contributed by atoms with E-state index < -0.39 is 24.3 Å². The molecule has 0 amide bonds. The summed E-state index contributed by atoms with van der Waals surface area (Å²) in [5.74, 6) is -1.61. The van der Waals surface area contributed by atoms with Crippen LogP contribution in [0.2, 0.25) is 0 Å². The summed E-state index contributed by atoms with van der Waals surface area (Å²) >= 11 is 1.24. The topological polar surface area (TPSA) is 89.3 Å². The van der Waals surface area contributed by atoms with E-state index in [0.29, 0.717) is 10.8 Å². The van der Waals surface area contributed by atoms with Crippen molar-refractivity contribution in [1.29, 1.82) is 5.26 Å². The van der Waals surface area contributed by atoms with Crippen LogP contribution in [0.5, 0.6) is 5.75 Å². The molecule has 124 valence electrons. The Morgan fingerprint density at radius 2 is 2.12 bits per heavy atom. The number of hydrogen-bond acceptors (Lipinski definition) is 7. The molecule has 0 saturated carbocycles. The van der Waals surface area contributed by atoms with Crippen LogP contribution in [0.15, 0.2) is 23.6 Å². The minimum Gasteiger partial charge on any atom is -0.496 e. The molecule has 0 N–H and O–H groups in total. The van der Waals surface area contributed by atoms with E-state index >= 15 is 0 Å². The van der Waals surface area contributed by atoms with Gasteiger partial charge in [0.05, 0.1) is 18.7 Å². The molecule has 0 bridgehead atoms. The molecule has 2 aromatic rings. The SMILES string of the molecule is COc1cc(C(=O)OCC(=O)[C@@H](C#N)c2nc(C)cs2)ccc1C. The highest BCUT2D eigenvalue weighted by Gasteiger charge is 2.24. The van der Waals surface area contributed by atoms with E-state index in [-0.39, 0.29) is 5.56 Å². The monoisotopic (exact) mass is 344 g/mol. The first-order valence-corrected chi connectivity index (χ1v) is 8.00. The summed E-state index contributed by atoms with van der Waals surface area (Å²) in [6, 6.07) is 6.78. The predicted molar refractivity (Wildman–Crippen MR) is 88.2 cm³/mol. The number of carbonyl (C=O) groups is 2. The third-order valence-electron chi connectivity index (χ3n) is 3.32. The fraction of sp³-hybridized carbons (Fsp3) is 0.294. The predicted octanol–water partition coefficient (Wildman–Crippen LogP) is 2.80. The summed E-state index contributed by atoms with van der Waals surface area (Å²) in [5, 5.41) is 11.4. The first kappa shape index (κ1) is 17.6. The van der Waals surface area contributed by atoms with Gasteiger partial charge in [0, 0.05) is 11.1 Å². The molecule has 0 unspecified atom stereocenters. The number of carbonyl (C=O) groups excluding carboxylic acids is 2. The third kappa shape index (κ3) is 3.97. The van der Waals surface area contributed by atoms with Gasteiger partial charge in [-0.1, -0.05) is 6.07 Å². The summed E-state index contributed by atoms with van der Waals surface area (Å²) in [6.45, 7) is 3.15. The molecule has 1 aromatic heterocycles. The zero-order valence-electron chi connectivity index (χ0n) is 13.5. The lowest BCUT2D eigenvalue weighted by Gasteiger charge is -2.09. The second-order valence-electron chi connectivity index (χ2n) is 5.12. The standard InChI is InChI=1S/C17H16N2O4S/c1-10-4-5-12(6-15(10)22-3)17(21)23-8-14(20)13(7-18)16-19-11(2)9-24-16/h4-6,9,13H,8H2,1-3H3/t13-/m1/s1. The van der Waals surface area contributed by atoms with Gasteiger partial charge >= 0.3 is 5.97 Å². The van der Waals surface area contributed by atoms with E-state index in [2.05, 4.69) is 4.98 Å². The number of thiazole rings is 1. The highest BCUT2D eigenvalue weighted by Crippen LogP contribution is 2.22. The van der Waals surface area contributed by atoms with Gasteiger partial charge in [-0.3, -0.25) is 4.79 Å².